The summed E-state index contributed by atoms with van der Waals surface area (Å²) in [6, 6.07) is 6.32. The highest BCUT2D eigenvalue weighted by atomic mass is 16.5. The molecule has 3 N–H and O–H groups in total. The summed E-state index contributed by atoms with van der Waals surface area (Å²) >= 11 is 0. The van der Waals surface area contributed by atoms with Crippen molar-refractivity contribution in [1.82, 2.24) is 9.88 Å². The molecule has 0 radical (unpaired) electrons. The fraction of sp³-hybridized carbons (Fsp3) is 0.545. The molecule has 0 amide bonds. The number of likely N-dealkylation sites (N-methyl/N-ethyl adjacent to an activating group) is 1. The minimum atomic E-state index is 0.510. The molecular weight excluding hydrogens is 204 g/mol. The van der Waals surface area contributed by atoms with Crippen LogP contribution in [-0.2, 0) is 11.3 Å². The summed E-state index contributed by atoms with van der Waals surface area (Å²) in [6.45, 7) is 2.52. The number of nitrogens with two attached hydrogens (primary N) is 1. The summed E-state index contributed by atoms with van der Waals surface area (Å²) in [5.74, 6) is 6.03. The van der Waals surface area contributed by atoms with Gasteiger partial charge in [-0.3, -0.25) is 4.90 Å². The van der Waals surface area contributed by atoms with Gasteiger partial charge < -0.3 is 10.2 Å². The van der Waals surface area contributed by atoms with Gasteiger partial charge in [0.25, 0.3) is 0 Å². The molecule has 0 aliphatic carbocycles. The zero-order valence-electron chi connectivity index (χ0n) is 9.52. The second kappa shape index (κ2) is 5.25. The summed E-state index contributed by atoms with van der Waals surface area (Å²) in [6.07, 6.45) is 1.10. The number of nitrogens with zero attached hydrogens (tertiary/aromatic N) is 2. The van der Waals surface area contributed by atoms with Crippen LogP contribution in [0.3, 0.4) is 0 Å². The quantitative estimate of drug-likeness (QED) is 0.576. The Kier molecular flexibility index (Phi) is 3.71. The highest BCUT2D eigenvalue weighted by Crippen LogP contribution is 2.13. The summed E-state index contributed by atoms with van der Waals surface area (Å²) in [5.41, 5.74) is 3.57. The van der Waals surface area contributed by atoms with E-state index in [-0.39, 0.29) is 0 Å². The van der Waals surface area contributed by atoms with Crippen LogP contribution >= 0.6 is 0 Å². The molecule has 1 aromatic rings. The first-order chi connectivity index (χ1) is 7.79. The van der Waals surface area contributed by atoms with Crippen molar-refractivity contribution in [3.05, 3.63) is 23.9 Å². The van der Waals surface area contributed by atoms with Crippen LogP contribution in [0.5, 0.6) is 0 Å². The lowest BCUT2D eigenvalue weighted by atomic mass is 10.2. The molecule has 0 saturated carbocycles. The standard InChI is InChI=1S/C11H18N4O/c1-15(10-5-6-16-8-10)7-9-3-2-4-11(13-9)14-12/h2-4,10H,5-8,12H2,1H3,(H,13,14). The molecule has 2 heterocycles. The molecule has 1 aliphatic heterocycles. The van der Waals surface area contributed by atoms with E-state index in [2.05, 4.69) is 22.4 Å². The molecular formula is C11H18N4O. The van der Waals surface area contributed by atoms with Crippen molar-refractivity contribution in [2.45, 2.75) is 19.0 Å². The van der Waals surface area contributed by atoms with Gasteiger partial charge in [-0.25, -0.2) is 10.8 Å². The van der Waals surface area contributed by atoms with Crippen LogP contribution in [0, 0.1) is 0 Å². The Morgan fingerprint density at radius 1 is 1.62 bits per heavy atom. The zero-order chi connectivity index (χ0) is 11.4. The number of nitrogen functional groups attached to an aromatic ring is 1. The van der Waals surface area contributed by atoms with Crippen molar-refractivity contribution in [3.8, 4) is 0 Å². The second-order valence-electron chi connectivity index (χ2n) is 4.09. The van der Waals surface area contributed by atoms with Crippen molar-refractivity contribution < 1.29 is 4.74 Å². The van der Waals surface area contributed by atoms with Crippen LogP contribution in [-0.4, -0.2) is 36.2 Å². The molecule has 1 aromatic heterocycles. The average Bonchev–Trinajstić information content (AvgIpc) is 2.83. The maximum atomic E-state index is 5.37. The van der Waals surface area contributed by atoms with Gasteiger partial charge in [0.2, 0.25) is 0 Å². The van der Waals surface area contributed by atoms with Crippen molar-refractivity contribution >= 4 is 5.82 Å². The van der Waals surface area contributed by atoms with Crippen LogP contribution < -0.4 is 11.3 Å². The molecule has 0 aromatic carbocycles. The third kappa shape index (κ3) is 2.69. The van der Waals surface area contributed by atoms with Crippen molar-refractivity contribution in [3.63, 3.8) is 0 Å². The van der Waals surface area contributed by atoms with Crippen LogP contribution in [0.1, 0.15) is 12.1 Å². The van der Waals surface area contributed by atoms with Gasteiger partial charge in [-0.2, -0.15) is 0 Å². The monoisotopic (exact) mass is 222 g/mol. The van der Waals surface area contributed by atoms with Gasteiger partial charge in [-0.05, 0) is 25.6 Å². The van der Waals surface area contributed by atoms with Gasteiger partial charge in [0, 0.05) is 19.2 Å². The fourth-order valence-corrected chi connectivity index (χ4v) is 1.90. The highest BCUT2D eigenvalue weighted by molar-refractivity contribution is 5.33. The Balaban J connectivity index is 1.96. The van der Waals surface area contributed by atoms with Gasteiger partial charge in [0.05, 0.1) is 12.3 Å². The van der Waals surface area contributed by atoms with E-state index >= 15 is 0 Å². The average molecular weight is 222 g/mol. The predicted octanol–water partition coefficient (Wildman–Crippen LogP) is 0.588. The lowest BCUT2D eigenvalue weighted by molar-refractivity contribution is 0.156. The van der Waals surface area contributed by atoms with E-state index in [4.69, 9.17) is 10.6 Å². The normalized spacial score (nSPS) is 20.3. The first kappa shape index (κ1) is 11.3. The van der Waals surface area contributed by atoms with Crippen molar-refractivity contribution in [2.75, 3.05) is 25.7 Å². The third-order valence-electron chi connectivity index (χ3n) is 2.90. The molecule has 0 bridgehead atoms. The number of hydrazine groups is 1. The maximum absolute atomic E-state index is 5.37. The van der Waals surface area contributed by atoms with Gasteiger partial charge in [-0.1, -0.05) is 6.07 Å². The van der Waals surface area contributed by atoms with Gasteiger partial charge in [-0.15, -0.1) is 0 Å². The molecule has 1 fully saturated rings. The van der Waals surface area contributed by atoms with E-state index in [0.29, 0.717) is 11.9 Å². The smallest absolute Gasteiger partial charge is 0.140 e. The largest absolute Gasteiger partial charge is 0.380 e. The Morgan fingerprint density at radius 3 is 3.19 bits per heavy atom. The summed E-state index contributed by atoms with van der Waals surface area (Å²) < 4.78 is 5.37. The third-order valence-corrected chi connectivity index (χ3v) is 2.90. The molecule has 16 heavy (non-hydrogen) atoms. The van der Waals surface area contributed by atoms with Crippen LogP contribution in [0.25, 0.3) is 0 Å². The highest BCUT2D eigenvalue weighted by Gasteiger charge is 2.20. The molecule has 2 rings (SSSR count). The predicted molar refractivity (Wildman–Crippen MR) is 62.7 cm³/mol. The van der Waals surface area contributed by atoms with Gasteiger partial charge in [0.15, 0.2) is 0 Å². The number of nitrogens with one attached hydrogen (secondary N) is 1. The Morgan fingerprint density at radius 2 is 2.50 bits per heavy atom. The summed E-state index contributed by atoms with van der Waals surface area (Å²) in [7, 11) is 2.10. The van der Waals surface area contributed by atoms with Crippen LogP contribution in [0.2, 0.25) is 0 Å². The van der Waals surface area contributed by atoms with E-state index in [0.717, 1.165) is 31.9 Å². The molecule has 0 spiro atoms. The van der Waals surface area contributed by atoms with Gasteiger partial charge >= 0.3 is 0 Å². The fourth-order valence-electron chi connectivity index (χ4n) is 1.90. The van der Waals surface area contributed by atoms with Crippen molar-refractivity contribution in [1.29, 1.82) is 0 Å². The molecule has 1 atom stereocenters. The number of ether oxygens (including phenoxy) is 1. The molecule has 5 heteroatoms. The first-order valence-corrected chi connectivity index (χ1v) is 5.50. The number of rotatable bonds is 4. The minimum absolute atomic E-state index is 0.510. The van der Waals surface area contributed by atoms with E-state index in [1.165, 1.54) is 0 Å². The summed E-state index contributed by atoms with van der Waals surface area (Å²) in [5, 5.41) is 0. The Labute approximate surface area is 95.6 Å². The molecule has 1 aliphatic rings. The molecule has 5 nitrogen and oxygen atoms in total. The Bertz CT molecular complexity index is 339. The summed E-state index contributed by atoms with van der Waals surface area (Å²) in [4.78, 5) is 6.66. The Hall–Kier alpha value is -1.17. The molecule has 1 unspecified atom stereocenters. The van der Waals surface area contributed by atoms with Gasteiger partial charge in [0.1, 0.15) is 5.82 Å². The number of anilines is 1. The van der Waals surface area contributed by atoms with Crippen molar-refractivity contribution in [2.24, 2.45) is 5.84 Å². The minimum Gasteiger partial charge on any atom is -0.380 e. The topological polar surface area (TPSA) is 63.4 Å². The maximum Gasteiger partial charge on any atom is 0.140 e. The molecule has 1 saturated heterocycles. The van der Waals surface area contributed by atoms with E-state index in [9.17, 15) is 0 Å². The number of hydrogen-bond donors (Lipinski definition) is 2. The van der Waals surface area contributed by atoms with Crippen LogP contribution in [0.4, 0.5) is 5.82 Å². The van der Waals surface area contributed by atoms with Crippen LogP contribution in [0.15, 0.2) is 18.2 Å². The van der Waals surface area contributed by atoms with E-state index < -0.39 is 0 Å². The SMILES string of the molecule is CN(Cc1cccc(NN)n1)C1CCOC1. The number of aromatic nitrogens is 1. The first-order valence-electron chi connectivity index (χ1n) is 5.50. The lowest BCUT2D eigenvalue weighted by Crippen LogP contribution is -2.31. The number of hydrogen-bond acceptors (Lipinski definition) is 5. The van der Waals surface area contributed by atoms with E-state index in [1.807, 2.05) is 18.2 Å². The lowest BCUT2D eigenvalue weighted by Gasteiger charge is -2.22. The number of pyridine rings is 1. The zero-order valence-corrected chi connectivity index (χ0v) is 9.52. The van der Waals surface area contributed by atoms with E-state index in [1.54, 1.807) is 0 Å². The molecule has 88 valence electrons. The second-order valence-corrected chi connectivity index (χ2v) is 4.09.